The molecule has 0 saturated heterocycles. The van der Waals surface area contributed by atoms with Crippen LogP contribution in [0.5, 0.6) is 23.0 Å². The van der Waals surface area contributed by atoms with E-state index in [-0.39, 0.29) is 5.84 Å². The summed E-state index contributed by atoms with van der Waals surface area (Å²) in [6, 6.07) is 15.6. The number of amidine groups is 1. The highest BCUT2D eigenvalue weighted by Crippen LogP contribution is 2.33. The molecule has 3 aromatic rings. The van der Waals surface area contributed by atoms with Gasteiger partial charge in [-0.2, -0.15) is 0 Å². The summed E-state index contributed by atoms with van der Waals surface area (Å²) >= 11 is 0. The van der Waals surface area contributed by atoms with Crippen LogP contribution in [0.2, 0.25) is 0 Å². The van der Waals surface area contributed by atoms with Gasteiger partial charge in [0.2, 0.25) is 0 Å². The molecular formula is C28H37N5O4. The van der Waals surface area contributed by atoms with Crippen molar-refractivity contribution in [3.05, 3.63) is 70.8 Å². The van der Waals surface area contributed by atoms with Gasteiger partial charge in [-0.25, -0.2) is 0 Å². The Morgan fingerprint density at radius 2 is 1.35 bits per heavy atom. The van der Waals surface area contributed by atoms with Crippen molar-refractivity contribution in [2.24, 2.45) is 5.73 Å². The number of nitrogens with zero attached hydrogens (tertiary/aromatic N) is 1. The van der Waals surface area contributed by atoms with Crippen LogP contribution in [0.4, 0.5) is 11.4 Å². The Kier molecular flexibility index (Phi) is 9.45. The first kappa shape index (κ1) is 27.5. The highest BCUT2D eigenvalue weighted by molar-refractivity contribution is 6.00. The van der Waals surface area contributed by atoms with Crippen LogP contribution in [-0.2, 0) is 19.4 Å². The topological polar surface area (TPSA) is 142 Å². The number of benzene rings is 3. The Bertz CT molecular complexity index is 1210. The number of anilines is 2. The molecule has 0 amide bonds. The molecule has 4 rings (SSSR count). The van der Waals surface area contributed by atoms with Gasteiger partial charge in [-0.05, 0) is 59.9 Å². The van der Waals surface area contributed by atoms with E-state index >= 15 is 0 Å². The third-order valence-corrected chi connectivity index (χ3v) is 6.34. The molecule has 0 unspecified atom stereocenters. The summed E-state index contributed by atoms with van der Waals surface area (Å²) in [6.07, 6.45) is 2.10. The summed E-state index contributed by atoms with van der Waals surface area (Å²) in [6.45, 7) is 3.10. The van der Waals surface area contributed by atoms with E-state index < -0.39 is 0 Å². The van der Waals surface area contributed by atoms with Crippen molar-refractivity contribution in [2.45, 2.75) is 19.4 Å². The number of nitrogens with one attached hydrogen (secondary N) is 1. The predicted molar refractivity (Wildman–Crippen MR) is 148 cm³/mol. The summed E-state index contributed by atoms with van der Waals surface area (Å²) in [5.41, 5.74) is 22.4. The molecular weight excluding hydrogens is 470 g/mol. The molecule has 7 N–H and O–H groups in total. The van der Waals surface area contributed by atoms with Crippen molar-refractivity contribution in [1.82, 2.24) is 4.90 Å². The number of hydrogen-bond donors (Lipinski definition) is 4. The molecule has 1 aliphatic heterocycles. The number of fused-ring (bicyclic) bond motifs is 1. The van der Waals surface area contributed by atoms with Gasteiger partial charge in [0.15, 0.2) is 23.0 Å². The number of methoxy groups -OCH3 is 4. The van der Waals surface area contributed by atoms with Crippen LogP contribution >= 0.6 is 0 Å². The molecule has 0 aliphatic carbocycles. The van der Waals surface area contributed by atoms with Crippen LogP contribution < -0.4 is 36.1 Å². The lowest BCUT2D eigenvalue weighted by Gasteiger charge is -2.29. The molecule has 198 valence electrons. The maximum atomic E-state index is 7.28. The lowest BCUT2D eigenvalue weighted by Crippen LogP contribution is -2.32. The van der Waals surface area contributed by atoms with E-state index in [2.05, 4.69) is 29.2 Å². The maximum absolute atomic E-state index is 7.28. The molecule has 0 atom stereocenters. The molecule has 3 aromatic carbocycles. The third-order valence-electron chi connectivity index (χ3n) is 6.34. The highest BCUT2D eigenvalue weighted by atomic mass is 16.5. The van der Waals surface area contributed by atoms with Crippen LogP contribution in [0.25, 0.3) is 0 Å². The van der Waals surface area contributed by atoms with E-state index in [0.717, 1.165) is 49.7 Å². The van der Waals surface area contributed by atoms with Crippen LogP contribution in [0.15, 0.2) is 48.5 Å². The quantitative estimate of drug-likeness (QED) is 0.206. The minimum atomic E-state index is -0.0940. The van der Waals surface area contributed by atoms with Crippen molar-refractivity contribution in [3.8, 4) is 23.0 Å². The summed E-state index contributed by atoms with van der Waals surface area (Å²) in [4.78, 5) is 2.49. The maximum Gasteiger partial charge on any atom is 0.162 e. The van der Waals surface area contributed by atoms with Crippen LogP contribution in [-0.4, -0.2) is 52.3 Å². The first-order valence-electron chi connectivity index (χ1n) is 12.0. The second-order valence-electron chi connectivity index (χ2n) is 8.70. The minimum Gasteiger partial charge on any atom is -0.493 e. The average Bonchev–Trinajstić information content (AvgIpc) is 2.91. The standard InChI is InChI=1S/C19H24N2O2.C9H13N3O2/c1-22-18-11-15-8-10-21(13-16(15)12-19(18)23-2)9-7-14-3-5-17(20)6-4-14;1-13-7-3-5(9(11)12)6(10)4-8(7)14-2/h3-6,11-12H,7-10,13,20H2,1-2H3;3-4H,10H2,1-2H3,(H3,11,12). The monoisotopic (exact) mass is 507 g/mol. The van der Waals surface area contributed by atoms with Crippen LogP contribution in [0, 0.1) is 5.41 Å². The van der Waals surface area contributed by atoms with Crippen LogP contribution in [0.1, 0.15) is 22.3 Å². The second kappa shape index (κ2) is 12.7. The molecule has 0 saturated carbocycles. The Hall–Kier alpha value is -4.11. The number of rotatable bonds is 8. The zero-order chi connectivity index (χ0) is 26.9. The van der Waals surface area contributed by atoms with Crippen LogP contribution in [0.3, 0.4) is 0 Å². The number of hydrogen-bond acceptors (Lipinski definition) is 8. The van der Waals surface area contributed by atoms with E-state index in [1.807, 2.05) is 12.1 Å². The SMILES string of the molecule is COc1cc(N)c(C(=N)N)cc1OC.COc1cc2c(cc1OC)CN(CCc1ccc(N)cc1)CC2. The van der Waals surface area contributed by atoms with E-state index in [1.54, 1.807) is 26.4 Å². The Morgan fingerprint density at radius 3 is 1.92 bits per heavy atom. The summed E-state index contributed by atoms with van der Waals surface area (Å²) in [5.74, 6) is 2.57. The number of ether oxygens (including phenoxy) is 4. The number of nitrogens with two attached hydrogens (primary N) is 3. The van der Waals surface area contributed by atoms with Gasteiger partial charge in [0.25, 0.3) is 0 Å². The lowest BCUT2D eigenvalue weighted by atomic mass is 9.98. The molecule has 0 radical (unpaired) electrons. The molecule has 0 fully saturated rings. The van der Waals surface area contributed by atoms with Crippen molar-refractivity contribution in [1.29, 1.82) is 5.41 Å². The van der Waals surface area contributed by atoms with E-state index in [9.17, 15) is 0 Å². The van der Waals surface area contributed by atoms with E-state index in [0.29, 0.717) is 22.7 Å². The van der Waals surface area contributed by atoms with Gasteiger partial charge in [0.05, 0.1) is 28.4 Å². The number of nitrogen functional groups attached to an aromatic ring is 3. The Balaban J connectivity index is 0.000000233. The molecule has 9 heteroatoms. The van der Waals surface area contributed by atoms with Gasteiger partial charge in [-0.1, -0.05) is 12.1 Å². The fourth-order valence-electron chi connectivity index (χ4n) is 4.23. The van der Waals surface area contributed by atoms with Gasteiger partial charge >= 0.3 is 0 Å². The first-order valence-corrected chi connectivity index (χ1v) is 12.0. The summed E-state index contributed by atoms with van der Waals surface area (Å²) < 4.78 is 20.9. The Morgan fingerprint density at radius 1 is 0.811 bits per heavy atom. The molecule has 1 heterocycles. The van der Waals surface area contributed by atoms with Crippen molar-refractivity contribution >= 4 is 17.2 Å². The zero-order valence-electron chi connectivity index (χ0n) is 22.0. The van der Waals surface area contributed by atoms with Crippen molar-refractivity contribution in [2.75, 3.05) is 53.0 Å². The highest BCUT2D eigenvalue weighted by Gasteiger charge is 2.19. The van der Waals surface area contributed by atoms with E-state index in [4.69, 9.17) is 41.6 Å². The summed E-state index contributed by atoms with van der Waals surface area (Å²) in [5, 5.41) is 7.28. The molecule has 37 heavy (non-hydrogen) atoms. The molecule has 0 spiro atoms. The van der Waals surface area contributed by atoms with Crippen molar-refractivity contribution < 1.29 is 18.9 Å². The average molecular weight is 508 g/mol. The Labute approximate surface area is 218 Å². The van der Waals surface area contributed by atoms with Gasteiger partial charge in [-0.3, -0.25) is 10.3 Å². The lowest BCUT2D eigenvalue weighted by molar-refractivity contribution is 0.255. The largest absolute Gasteiger partial charge is 0.493 e. The van der Waals surface area contributed by atoms with Gasteiger partial charge in [0, 0.05) is 42.6 Å². The second-order valence-corrected chi connectivity index (χ2v) is 8.70. The fraction of sp³-hybridized carbons (Fsp3) is 0.321. The zero-order valence-corrected chi connectivity index (χ0v) is 22.0. The molecule has 0 bridgehead atoms. The molecule has 0 aromatic heterocycles. The van der Waals surface area contributed by atoms with Gasteiger partial charge in [0.1, 0.15) is 5.84 Å². The molecule has 9 nitrogen and oxygen atoms in total. The summed E-state index contributed by atoms with van der Waals surface area (Å²) in [7, 11) is 6.40. The van der Waals surface area contributed by atoms with Crippen molar-refractivity contribution in [3.63, 3.8) is 0 Å². The van der Waals surface area contributed by atoms with E-state index in [1.165, 1.54) is 30.9 Å². The fourth-order valence-corrected chi connectivity index (χ4v) is 4.23. The third kappa shape index (κ3) is 6.98. The predicted octanol–water partition coefficient (Wildman–Crippen LogP) is 3.46. The molecule has 1 aliphatic rings. The van der Waals surface area contributed by atoms with Gasteiger partial charge < -0.3 is 36.1 Å². The minimum absolute atomic E-state index is 0.0940. The van der Waals surface area contributed by atoms with Gasteiger partial charge in [-0.15, -0.1) is 0 Å². The smallest absolute Gasteiger partial charge is 0.162 e. The first-order chi connectivity index (χ1) is 17.8. The normalized spacial score (nSPS) is 12.5.